The summed E-state index contributed by atoms with van der Waals surface area (Å²) in [5, 5.41) is 0.956. The van der Waals surface area contributed by atoms with Crippen molar-refractivity contribution in [2.75, 3.05) is 0 Å². The van der Waals surface area contributed by atoms with Gasteiger partial charge >= 0.3 is 0 Å². The molecular formula is C22H15Cl2NO2. The van der Waals surface area contributed by atoms with E-state index in [2.05, 4.69) is 0 Å². The van der Waals surface area contributed by atoms with Crippen molar-refractivity contribution in [1.29, 1.82) is 0 Å². The molecule has 0 bridgehead atoms. The molecule has 1 fully saturated rings. The first-order valence-corrected chi connectivity index (χ1v) is 9.25. The van der Waals surface area contributed by atoms with Crippen molar-refractivity contribution in [3.05, 3.63) is 106 Å². The molecule has 3 nitrogen and oxygen atoms in total. The molecule has 1 aliphatic rings. The molecule has 3 aromatic carbocycles. The fourth-order valence-corrected chi connectivity index (χ4v) is 3.84. The van der Waals surface area contributed by atoms with Gasteiger partial charge in [-0.15, -0.1) is 0 Å². The fraction of sp³-hybridized carbons (Fsp3) is 0.0909. The Morgan fingerprint density at radius 2 is 1.37 bits per heavy atom. The lowest BCUT2D eigenvalue weighted by atomic mass is 10.0. The Kier molecular flexibility index (Phi) is 4.73. The number of ketones is 1. The van der Waals surface area contributed by atoms with E-state index in [-0.39, 0.29) is 11.7 Å². The number of hydrogen-bond acceptors (Lipinski definition) is 2. The van der Waals surface area contributed by atoms with Crippen LogP contribution in [-0.2, 0) is 0 Å². The lowest BCUT2D eigenvalue weighted by Crippen LogP contribution is -2.19. The number of Topliss-reactive ketones (excluding diaryl/α,β-unsaturated/α-hetero) is 1. The number of benzene rings is 3. The van der Waals surface area contributed by atoms with Crippen molar-refractivity contribution < 1.29 is 9.59 Å². The Hall–Kier alpha value is -2.62. The van der Waals surface area contributed by atoms with E-state index < -0.39 is 12.1 Å². The molecule has 0 aliphatic carbocycles. The highest BCUT2D eigenvalue weighted by Crippen LogP contribution is 2.48. The molecule has 0 spiro atoms. The summed E-state index contributed by atoms with van der Waals surface area (Å²) in [5.74, 6) is -0.295. The van der Waals surface area contributed by atoms with E-state index in [9.17, 15) is 9.59 Å². The van der Waals surface area contributed by atoms with E-state index in [1.54, 1.807) is 59.5 Å². The zero-order valence-electron chi connectivity index (χ0n) is 14.2. The van der Waals surface area contributed by atoms with Crippen LogP contribution in [0.1, 0.15) is 32.3 Å². The van der Waals surface area contributed by atoms with Gasteiger partial charge in [-0.25, -0.2) is 0 Å². The summed E-state index contributed by atoms with van der Waals surface area (Å²) >= 11 is 12.4. The summed E-state index contributed by atoms with van der Waals surface area (Å²) in [6, 6.07) is 22.0. The van der Waals surface area contributed by atoms with Crippen LogP contribution in [0.15, 0.2) is 78.9 Å². The third-order valence-corrected chi connectivity index (χ3v) is 5.23. The molecule has 3 aromatic rings. The number of hydrogen-bond donors (Lipinski definition) is 0. The van der Waals surface area contributed by atoms with Gasteiger partial charge in [0.1, 0.15) is 6.04 Å². The summed E-state index contributed by atoms with van der Waals surface area (Å²) in [6.07, 6.45) is 0. The minimum atomic E-state index is -0.584. The largest absolute Gasteiger partial charge is 0.316 e. The van der Waals surface area contributed by atoms with Gasteiger partial charge in [-0.1, -0.05) is 77.8 Å². The van der Waals surface area contributed by atoms with Crippen LogP contribution in [0.3, 0.4) is 0 Å². The first kappa shape index (κ1) is 17.8. The molecule has 0 radical (unpaired) electrons. The van der Waals surface area contributed by atoms with Crippen molar-refractivity contribution >= 4 is 34.9 Å². The Balaban J connectivity index is 1.72. The lowest BCUT2D eigenvalue weighted by molar-refractivity contribution is 0.0833. The standard InChI is InChI=1S/C22H15Cl2NO2/c23-16-11-12-17(18(24)13-16)19-20(21(26)14-7-3-1-4-8-14)25(19)22(27)15-9-5-2-6-10-15/h1-13,19-20H/t19-,20+,25?/m1/s1. The third-order valence-electron chi connectivity index (χ3n) is 4.67. The highest BCUT2D eigenvalue weighted by Gasteiger charge is 2.56. The summed E-state index contributed by atoms with van der Waals surface area (Å²) in [6.45, 7) is 0. The van der Waals surface area contributed by atoms with Crippen LogP contribution in [0.4, 0.5) is 0 Å². The topological polar surface area (TPSA) is 37.1 Å². The summed E-state index contributed by atoms with van der Waals surface area (Å²) in [4.78, 5) is 27.7. The molecule has 0 unspecified atom stereocenters. The van der Waals surface area contributed by atoms with Crippen molar-refractivity contribution in [2.24, 2.45) is 0 Å². The zero-order chi connectivity index (χ0) is 19.0. The molecule has 1 saturated heterocycles. The predicted octanol–water partition coefficient (Wildman–Crippen LogP) is 5.44. The second-order valence-electron chi connectivity index (χ2n) is 6.36. The summed E-state index contributed by atoms with van der Waals surface area (Å²) < 4.78 is 0. The van der Waals surface area contributed by atoms with Crippen LogP contribution < -0.4 is 0 Å². The first-order chi connectivity index (χ1) is 13.1. The molecule has 1 amide bonds. The SMILES string of the molecule is O=C(c1ccccc1)[C@@H]1[C@@H](c2ccc(Cl)cc2Cl)N1C(=O)c1ccccc1. The molecule has 1 aliphatic heterocycles. The maximum atomic E-state index is 13.1. The van der Waals surface area contributed by atoms with Crippen molar-refractivity contribution in [1.82, 2.24) is 4.90 Å². The van der Waals surface area contributed by atoms with E-state index >= 15 is 0 Å². The van der Waals surface area contributed by atoms with E-state index in [4.69, 9.17) is 23.2 Å². The van der Waals surface area contributed by atoms with Gasteiger partial charge in [0.2, 0.25) is 0 Å². The quantitative estimate of drug-likeness (QED) is 0.435. The highest BCUT2D eigenvalue weighted by molar-refractivity contribution is 6.35. The van der Waals surface area contributed by atoms with Crippen LogP contribution in [0.5, 0.6) is 0 Å². The van der Waals surface area contributed by atoms with Gasteiger partial charge < -0.3 is 4.90 Å². The molecule has 27 heavy (non-hydrogen) atoms. The van der Waals surface area contributed by atoms with Crippen molar-refractivity contribution in [3.63, 3.8) is 0 Å². The molecule has 0 saturated carbocycles. The van der Waals surface area contributed by atoms with Gasteiger partial charge in [0.25, 0.3) is 5.91 Å². The normalized spacial score (nSPS) is 18.2. The fourth-order valence-electron chi connectivity index (χ4n) is 3.32. The highest BCUT2D eigenvalue weighted by atomic mass is 35.5. The van der Waals surface area contributed by atoms with Gasteiger partial charge in [0, 0.05) is 21.2 Å². The van der Waals surface area contributed by atoms with Crippen LogP contribution in [-0.4, -0.2) is 22.6 Å². The minimum Gasteiger partial charge on any atom is -0.316 e. The predicted molar refractivity (Wildman–Crippen MR) is 106 cm³/mol. The Labute approximate surface area is 167 Å². The van der Waals surface area contributed by atoms with E-state index in [0.29, 0.717) is 21.2 Å². The van der Waals surface area contributed by atoms with Gasteiger partial charge in [-0.2, -0.15) is 0 Å². The van der Waals surface area contributed by atoms with Crippen molar-refractivity contribution in [2.45, 2.75) is 12.1 Å². The second-order valence-corrected chi connectivity index (χ2v) is 7.21. The van der Waals surface area contributed by atoms with Crippen LogP contribution in [0, 0.1) is 0 Å². The second kappa shape index (κ2) is 7.18. The van der Waals surface area contributed by atoms with Gasteiger partial charge in [0.05, 0.1) is 6.04 Å². The van der Waals surface area contributed by atoms with E-state index in [0.717, 1.165) is 5.56 Å². The number of rotatable bonds is 4. The van der Waals surface area contributed by atoms with Crippen LogP contribution in [0.25, 0.3) is 0 Å². The maximum absolute atomic E-state index is 13.1. The number of carbonyl (C=O) groups is 2. The van der Waals surface area contributed by atoms with Gasteiger partial charge in [0.15, 0.2) is 5.78 Å². The van der Waals surface area contributed by atoms with Gasteiger partial charge in [-0.3, -0.25) is 9.59 Å². The molecule has 0 N–H and O–H groups in total. The van der Waals surface area contributed by atoms with E-state index in [1.165, 1.54) is 0 Å². The molecule has 5 heteroatoms. The maximum Gasteiger partial charge on any atom is 0.255 e. The number of amides is 1. The molecule has 4 rings (SSSR count). The Morgan fingerprint density at radius 1 is 0.778 bits per heavy atom. The third kappa shape index (κ3) is 3.36. The Morgan fingerprint density at radius 3 is 1.96 bits per heavy atom. The van der Waals surface area contributed by atoms with Crippen LogP contribution >= 0.6 is 23.2 Å². The minimum absolute atomic E-state index is 0.101. The molecule has 1 heterocycles. The van der Waals surface area contributed by atoms with Gasteiger partial charge in [-0.05, 0) is 29.8 Å². The number of nitrogens with zero attached hydrogens (tertiary/aromatic N) is 1. The smallest absolute Gasteiger partial charge is 0.255 e. The zero-order valence-corrected chi connectivity index (χ0v) is 15.7. The van der Waals surface area contributed by atoms with E-state index in [1.807, 2.05) is 24.3 Å². The van der Waals surface area contributed by atoms with Crippen LogP contribution in [0.2, 0.25) is 10.0 Å². The Bertz CT molecular complexity index is 948. The summed E-state index contributed by atoms with van der Waals surface area (Å²) in [7, 11) is 0. The number of carbonyl (C=O) groups excluding carboxylic acids is 2. The molecule has 134 valence electrons. The lowest BCUT2D eigenvalue weighted by Gasteiger charge is -2.06. The number of halogens is 2. The average Bonchev–Trinajstić information content (AvgIpc) is 3.43. The summed E-state index contributed by atoms with van der Waals surface area (Å²) in [5.41, 5.74) is 1.83. The molecule has 2 atom stereocenters. The molecule has 0 aromatic heterocycles. The molecular weight excluding hydrogens is 381 g/mol. The first-order valence-electron chi connectivity index (χ1n) is 8.50. The van der Waals surface area contributed by atoms with Crippen molar-refractivity contribution in [3.8, 4) is 0 Å². The monoisotopic (exact) mass is 395 g/mol. The average molecular weight is 396 g/mol.